The maximum Gasteiger partial charge on any atom is 0.0644 e. The van der Waals surface area contributed by atoms with Crippen LogP contribution in [0, 0.1) is 13.8 Å². The molecule has 1 N–H and O–H groups in total. The van der Waals surface area contributed by atoms with Crippen LogP contribution in [0.15, 0.2) is 0 Å². The van der Waals surface area contributed by atoms with Gasteiger partial charge in [0, 0.05) is 23.8 Å². The molecule has 0 bridgehead atoms. The lowest BCUT2D eigenvalue weighted by Crippen LogP contribution is -2.22. The van der Waals surface area contributed by atoms with Crippen LogP contribution in [0.25, 0.3) is 0 Å². The fraction of sp³-hybridized carbons (Fsp3) is 0.769. The molecule has 1 aromatic heterocycles. The Morgan fingerprint density at radius 3 is 2.38 bits per heavy atom. The van der Waals surface area contributed by atoms with Gasteiger partial charge in [-0.15, -0.1) is 0 Å². The third-order valence-electron chi connectivity index (χ3n) is 3.13. The Bertz CT molecular complexity index is 328. The molecule has 0 fully saturated rings. The van der Waals surface area contributed by atoms with Gasteiger partial charge in [0.2, 0.25) is 0 Å². The molecule has 92 valence electrons. The fourth-order valence-electron chi connectivity index (χ4n) is 2.29. The van der Waals surface area contributed by atoms with Crippen LogP contribution in [-0.4, -0.2) is 16.3 Å². The lowest BCUT2D eigenvalue weighted by molar-refractivity contribution is 0.513. The lowest BCUT2D eigenvalue weighted by atomic mass is 10.0. The van der Waals surface area contributed by atoms with Crippen molar-refractivity contribution in [3.8, 4) is 0 Å². The van der Waals surface area contributed by atoms with E-state index in [1.807, 2.05) is 0 Å². The monoisotopic (exact) mass is 223 g/mol. The molecule has 0 saturated carbocycles. The van der Waals surface area contributed by atoms with Crippen molar-refractivity contribution < 1.29 is 0 Å². The topological polar surface area (TPSA) is 29.9 Å². The first-order valence-electron chi connectivity index (χ1n) is 6.42. The van der Waals surface area contributed by atoms with Crippen molar-refractivity contribution in [2.24, 2.45) is 0 Å². The minimum atomic E-state index is 0.459. The van der Waals surface area contributed by atoms with Gasteiger partial charge < -0.3 is 5.32 Å². The van der Waals surface area contributed by atoms with E-state index in [1.54, 1.807) is 0 Å². The number of hydrogen-bond donors (Lipinski definition) is 1. The third kappa shape index (κ3) is 2.64. The average molecular weight is 223 g/mol. The van der Waals surface area contributed by atoms with Crippen LogP contribution in [-0.2, 0) is 6.54 Å². The van der Waals surface area contributed by atoms with Crippen molar-refractivity contribution in [3.63, 3.8) is 0 Å². The third-order valence-corrected chi connectivity index (χ3v) is 3.13. The van der Waals surface area contributed by atoms with Gasteiger partial charge in [0.1, 0.15) is 0 Å². The zero-order chi connectivity index (χ0) is 12.1. The predicted molar refractivity (Wildman–Crippen MR) is 68.7 cm³/mol. The van der Waals surface area contributed by atoms with Gasteiger partial charge in [0.05, 0.1) is 5.69 Å². The van der Waals surface area contributed by atoms with E-state index in [2.05, 4.69) is 49.7 Å². The van der Waals surface area contributed by atoms with Crippen LogP contribution in [0.2, 0.25) is 0 Å². The van der Waals surface area contributed by atoms with Gasteiger partial charge in [0.15, 0.2) is 0 Å². The summed E-state index contributed by atoms with van der Waals surface area (Å²) in [5.74, 6) is 0. The molecule has 3 nitrogen and oxygen atoms in total. The summed E-state index contributed by atoms with van der Waals surface area (Å²) >= 11 is 0. The Morgan fingerprint density at radius 1 is 1.25 bits per heavy atom. The molecule has 1 heterocycles. The molecular formula is C13H25N3. The number of nitrogens with one attached hydrogen (secondary N) is 1. The van der Waals surface area contributed by atoms with Gasteiger partial charge >= 0.3 is 0 Å². The molecule has 0 amide bonds. The van der Waals surface area contributed by atoms with E-state index in [9.17, 15) is 0 Å². The first-order valence-corrected chi connectivity index (χ1v) is 6.42. The van der Waals surface area contributed by atoms with E-state index >= 15 is 0 Å². The van der Waals surface area contributed by atoms with Gasteiger partial charge in [-0.1, -0.05) is 13.8 Å². The highest BCUT2D eigenvalue weighted by molar-refractivity contribution is 5.28. The van der Waals surface area contributed by atoms with Crippen molar-refractivity contribution in [2.45, 2.75) is 60.0 Å². The molecule has 1 atom stereocenters. The molecule has 1 aromatic rings. The molecule has 0 aliphatic rings. The Hall–Kier alpha value is -0.830. The Kier molecular flexibility index (Phi) is 5.00. The SMILES string of the molecule is CCCNC(CC)c1c(C)nn(CC)c1C. The summed E-state index contributed by atoms with van der Waals surface area (Å²) < 4.78 is 2.10. The van der Waals surface area contributed by atoms with Crippen LogP contribution in [0.1, 0.15) is 56.6 Å². The lowest BCUT2D eigenvalue weighted by Gasteiger charge is -2.17. The summed E-state index contributed by atoms with van der Waals surface area (Å²) in [7, 11) is 0. The van der Waals surface area contributed by atoms with Gasteiger partial charge in [-0.25, -0.2) is 0 Å². The van der Waals surface area contributed by atoms with Gasteiger partial charge in [-0.05, 0) is 40.2 Å². The van der Waals surface area contributed by atoms with E-state index in [0.717, 1.165) is 19.5 Å². The highest BCUT2D eigenvalue weighted by atomic mass is 15.3. The van der Waals surface area contributed by atoms with Crippen molar-refractivity contribution in [1.29, 1.82) is 0 Å². The Balaban J connectivity index is 2.95. The van der Waals surface area contributed by atoms with Crippen LogP contribution < -0.4 is 5.32 Å². The van der Waals surface area contributed by atoms with E-state index in [-0.39, 0.29) is 0 Å². The number of nitrogens with zero attached hydrogens (tertiary/aromatic N) is 2. The van der Waals surface area contributed by atoms with E-state index in [4.69, 9.17) is 0 Å². The maximum atomic E-state index is 4.58. The molecule has 1 unspecified atom stereocenters. The summed E-state index contributed by atoms with van der Waals surface area (Å²) in [5.41, 5.74) is 3.89. The van der Waals surface area contributed by atoms with Crippen molar-refractivity contribution in [1.82, 2.24) is 15.1 Å². The first kappa shape index (κ1) is 13.2. The molecule has 0 aromatic carbocycles. The Morgan fingerprint density at radius 2 is 1.94 bits per heavy atom. The zero-order valence-corrected chi connectivity index (χ0v) is 11.3. The quantitative estimate of drug-likeness (QED) is 0.803. The summed E-state index contributed by atoms with van der Waals surface area (Å²) in [6.07, 6.45) is 2.30. The largest absolute Gasteiger partial charge is 0.310 e. The van der Waals surface area contributed by atoms with E-state index in [1.165, 1.54) is 23.4 Å². The molecule has 0 aliphatic heterocycles. The number of rotatable bonds is 6. The standard InChI is InChI=1S/C13H25N3/c1-6-9-14-12(7-2)13-10(4)15-16(8-3)11(13)5/h12,14H,6-9H2,1-5H3. The minimum Gasteiger partial charge on any atom is -0.310 e. The summed E-state index contributed by atoms with van der Waals surface area (Å²) in [6.45, 7) is 12.9. The molecule has 16 heavy (non-hydrogen) atoms. The minimum absolute atomic E-state index is 0.459. The van der Waals surface area contributed by atoms with Crippen LogP contribution >= 0.6 is 0 Å². The second-order valence-electron chi connectivity index (χ2n) is 4.32. The van der Waals surface area contributed by atoms with Gasteiger partial charge in [-0.2, -0.15) is 5.10 Å². The molecule has 0 saturated heterocycles. The molecule has 0 radical (unpaired) electrons. The van der Waals surface area contributed by atoms with Gasteiger partial charge in [0.25, 0.3) is 0 Å². The van der Waals surface area contributed by atoms with Crippen LogP contribution in [0.5, 0.6) is 0 Å². The van der Waals surface area contributed by atoms with Crippen molar-refractivity contribution in [2.75, 3.05) is 6.54 Å². The fourth-order valence-corrected chi connectivity index (χ4v) is 2.29. The molecular weight excluding hydrogens is 198 g/mol. The predicted octanol–water partition coefficient (Wildman–Crippen LogP) is 2.97. The highest BCUT2D eigenvalue weighted by Gasteiger charge is 2.18. The summed E-state index contributed by atoms with van der Waals surface area (Å²) in [5, 5.41) is 8.18. The smallest absolute Gasteiger partial charge is 0.0644 e. The molecule has 0 spiro atoms. The average Bonchev–Trinajstić information content (AvgIpc) is 2.57. The van der Waals surface area contributed by atoms with Crippen LogP contribution in [0.3, 0.4) is 0 Å². The van der Waals surface area contributed by atoms with Gasteiger partial charge in [-0.3, -0.25) is 4.68 Å². The van der Waals surface area contributed by atoms with Crippen molar-refractivity contribution in [3.05, 3.63) is 17.0 Å². The van der Waals surface area contributed by atoms with Crippen LogP contribution in [0.4, 0.5) is 0 Å². The first-order chi connectivity index (χ1) is 7.65. The molecule has 1 rings (SSSR count). The zero-order valence-electron chi connectivity index (χ0n) is 11.3. The number of aromatic nitrogens is 2. The normalized spacial score (nSPS) is 13.1. The number of aryl methyl sites for hydroxylation is 2. The van der Waals surface area contributed by atoms with E-state index in [0.29, 0.717) is 6.04 Å². The van der Waals surface area contributed by atoms with E-state index < -0.39 is 0 Å². The molecule has 0 aliphatic carbocycles. The summed E-state index contributed by atoms with van der Waals surface area (Å²) in [6, 6.07) is 0.459. The maximum absolute atomic E-state index is 4.58. The molecule has 3 heteroatoms. The van der Waals surface area contributed by atoms with Crippen molar-refractivity contribution >= 4 is 0 Å². The second-order valence-corrected chi connectivity index (χ2v) is 4.32. The Labute approximate surface area is 99.2 Å². The summed E-state index contributed by atoms with van der Waals surface area (Å²) in [4.78, 5) is 0. The highest BCUT2D eigenvalue weighted by Crippen LogP contribution is 2.24. The number of hydrogen-bond acceptors (Lipinski definition) is 2. The second kappa shape index (κ2) is 6.04.